The van der Waals surface area contributed by atoms with E-state index in [2.05, 4.69) is 14.9 Å². The number of oxime groups is 1. The van der Waals surface area contributed by atoms with E-state index in [0.717, 1.165) is 25.1 Å². The summed E-state index contributed by atoms with van der Waals surface area (Å²) in [4.78, 5) is 10.2. The molecule has 22 heavy (non-hydrogen) atoms. The Morgan fingerprint density at radius 3 is 2.09 bits per heavy atom. The van der Waals surface area contributed by atoms with Crippen LogP contribution in [0.25, 0.3) is 0 Å². The van der Waals surface area contributed by atoms with Crippen molar-refractivity contribution in [3.63, 3.8) is 0 Å². The molecule has 0 saturated carbocycles. The molecule has 0 aliphatic heterocycles. The third-order valence-corrected chi connectivity index (χ3v) is 3.33. The molecule has 114 valence electrons. The number of pyridine rings is 2. The maximum Gasteiger partial charge on any atom is 0.170 e. The number of aryl methyl sites for hydroxylation is 2. The highest BCUT2D eigenvalue weighted by Gasteiger charge is 2.06. The minimum absolute atomic E-state index is 0.104. The van der Waals surface area contributed by atoms with Crippen LogP contribution in [-0.4, -0.2) is 11.0 Å². The zero-order valence-corrected chi connectivity index (χ0v) is 12.2. The maximum absolute atomic E-state index is 10.2. The third-order valence-electron chi connectivity index (χ3n) is 3.33. The van der Waals surface area contributed by atoms with Gasteiger partial charge >= 0.3 is 0 Å². The molecule has 7 nitrogen and oxygen atoms in total. The Labute approximate surface area is 128 Å². The van der Waals surface area contributed by atoms with Crippen LogP contribution in [0.5, 0.6) is 0 Å². The first-order chi connectivity index (χ1) is 10.7. The molecule has 2 aromatic rings. The second-order valence-electron chi connectivity index (χ2n) is 4.89. The van der Waals surface area contributed by atoms with Crippen LogP contribution in [0.1, 0.15) is 17.5 Å². The number of hydrogen-bond donors (Lipinski definition) is 2. The van der Waals surface area contributed by atoms with Crippen LogP contribution < -0.4 is 14.9 Å². The maximum atomic E-state index is 10.2. The van der Waals surface area contributed by atoms with Gasteiger partial charge in [0.15, 0.2) is 43.7 Å². The fourth-order valence-electron chi connectivity index (χ4n) is 2.09. The summed E-state index contributed by atoms with van der Waals surface area (Å²) in [6.45, 7) is 1.95. The second-order valence-corrected chi connectivity index (χ2v) is 4.89. The van der Waals surface area contributed by atoms with Gasteiger partial charge < -0.3 is 10.9 Å². The van der Waals surface area contributed by atoms with Crippen molar-refractivity contribution in [2.75, 3.05) is 0 Å². The molecule has 2 aromatic heterocycles. The summed E-state index contributed by atoms with van der Waals surface area (Å²) >= 11 is 0. The van der Waals surface area contributed by atoms with E-state index in [-0.39, 0.29) is 12.4 Å². The summed E-state index contributed by atoms with van der Waals surface area (Å²) in [6.07, 6.45) is 8.66. The SMILES string of the molecule is N/C(=N\O)c1cc[n+](CCC[n+]2ccc(CN=O)cc2)cc1. The molecule has 0 radical (unpaired) electrons. The van der Waals surface area contributed by atoms with Gasteiger partial charge in [-0.15, -0.1) is 0 Å². The Bertz CT molecular complexity index is 638. The molecule has 0 aromatic carbocycles. The minimum Gasteiger partial charge on any atom is -0.409 e. The van der Waals surface area contributed by atoms with Gasteiger partial charge in [-0.2, -0.15) is 4.91 Å². The number of nitrogens with two attached hydrogens (primary N) is 1. The molecule has 2 heterocycles. The van der Waals surface area contributed by atoms with Crippen LogP contribution >= 0.6 is 0 Å². The number of nitroso groups, excluding NO2 is 1. The van der Waals surface area contributed by atoms with Gasteiger partial charge in [0.05, 0.1) is 6.42 Å². The molecular formula is C15H19N5O2+2. The number of aromatic nitrogens is 2. The lowest BCUT2D eigenvalue weighted by Crippen LogP contribution is -2.38. The van der Waals surface area contributed by atoms with Crippen molar-refractivity contribution in [1.29, 1.82) is 0 Å². The Morgan fingerprint density at radius 2 is 1.59 bits per heavy atom. The average molecular weight is 301 g/mol. The van der Waals surface area contributed by atoms with Gasteiger partial charge in [0, 0.05) is 29.8 Å². The molecule has 7 heteroatoms. The van der Waals surface area contributed by atoms with Crippen molar-refractivity contribution in [3.8, 4) is 0 Å². The van der Waals surface area contributed by atoms with Gasteiger partial charge in [0.25, 0.3) is 0 Å². The Hall–Kier alpha value is -2.83. The van der Waals surface area contributed by atoms with Gasteiger partial charge in [-0.25, -0.2) is 9.13 Å². The molecule has 0 amide bonds. The first-order valence-electron chi connectivity index (χ1n) is 6.97. The Kier molecular flexibility index (Phi) is 5.53. The van der Waals surface area contributed by atoms with E-state index in [1.54, 1.807) is 0 Å². The standard InChI is InChI=1S/C15H18N5O2/c16-15(18-22)14-4-10-20(11-5-14)7-1-6-19-8-2-13(3-9-19)12-17-21/h2-5,8-11H,1,6-7,12,16H2/q+1/p+1. The molecule has 0 aliphatic rings. The number of amidine groups is 1. The van der Waals surface area contributed by atoms with E-state index in [4.69, 9.17) is 10.9 Å². The molecular weight excluding hydrogens is 282 g/mol. The summed E-state index contributed by atoms with van der Waals surface area (Å²) in [5.41, 5.74) is 7.12. The number of nitrogens with zero attached hydrogens (tertiary/aromatic N) is 4. The molecule has 0 unspecified atom stereocenters. The van der Waals surface area contributed by atoms with Crippen molar-refractivity contribution >= 4 is 5.84 Å². The van der Waals surface area contributed by atoms with E-state index >= 15 is 0 Å². The van der Waals surface area contributed by atoms with Crippen molar-refractivity contribution in [1.82, 2.24) is 0 Å². The molecule has 0 bridgehead atoms. The second kappa shape index (κ2) is 7.82. The van der Waals surface area contributed by atoms with E-state index in [1.165, 1.54) is 0 Å². The van der Waals surface area contributed by atoms with Crippen LogP contribution in [0, 0.1) is 4.91 Å². The summed E-state index contributed by atoms with van der Waals surface area (Å²) < 4.78 is 4.11. The first kappa shape index (κ1) is 15.6. The van der Waals surface area contributed by atoms with Crippen LogP contribution in [-0.2, 0) is 19.6 Å². The van der Waals surface area contributed by atoms with Gasteiger partial charge in [0.2, 0.25) is 0 Å². The van der Waals surface area contributed by atoms with E-state index in [9.17, 15) is 4.91 Å². The monoisotopic (exact) mass is 301 g/mol. The molecule has 3 N–H and O–H groups in total. The smallest absolute Gasteiger partial charge is 0.170 e. The van der Waals surface area contributed by atoms with Gasteiger partial charge in [-0.05, 0) is 5.56 Å². The Morgan fingerprint density at radius 1 is 1.05 bits per heavy atom. The summed E-state index contributed by atoms with van der Waals surface area (Å²) in [7, 11) is 0. The van der Waals surface area contributed by atoms with Crippen LogP contribution in [0.4, 0.5) is 0 Å². The van der Waals surface area contributed by atoms with Crippen LogP contribution in [0.15, 0.2) is 59.4 Å². The number of rotatable bonds is 7. The third kappa shape index (κ3) is 4.34. The largest absolute Gasteiger partial charge is 0.409 e. The molecule has 0 saturated heterocycles. The molecule has 0 atom stereocenters. The highest BCUT2D eigenvalue weighted by Crippen LogP contribution is 1.97. The average Bonchev–Trinajstić information content (AvgIpc) is 2.56. The summed E-state index contributed by atoms with van der Waals surface area (Å²) in [5.74, 6) is 0.104. The lowest BCUT2D eigenvalue weighted by molar-refractivity contribution is -0.726. The van der Waals surface area contributed by atoms with Crippen molar-refractivity contribution < 1.29 is 14.3 Å². The molecule has 0 aliphatic carbocycles. The van der Waals surface area contributed by atoms with Crippen LogP contribution in [0.2, 0.25) is 0 Å². The first-order valence-corrected chi connectivity index (χ1v) is 6.97. The highest BCUT2D eigenvalue weighted by molar-refractivity contribution is 5.96. The predicted molar refractivity (Wildman–Crippen MR) is 79.9 cm³/mol. The van der Waals surface area contributed by atoms with Crippen molar-refractivity contribution in [3.05, 3.63) is 65.1 Å². The van der Waals surface area contributed by atoms with Gasteiger partial charge in [-0.1, -0.05) is 10.3 Å². The van der Waals surface area contributed by atoms with Gasteiger partial charge in [-0.3, -0.25) is 0 Å². The number of hydrogen-bond acceptors (Lipinski definition) is 4. The Balaban J connectivity index is 1.84. The predicted octanol–water partition coefficient (Wildman–Crippen LogP) is 0.713. The lowest BCUT2D eigenvalue weighted by atomic mass is 10.2. The van der Waals surface area contributed by atoms with Gasteiger partial charge in [0.1, 0.15) is 6.54 Å². The van der Waals surface area contributed by atoms with E-state index in [0.29, 0.717) is 5.56 Å². The normalized spacial score (nSPS) is 11.4. The highest BCUT2D eigenvalue weighted by atomic mass is 16.4. The zero-order chi connectivity index (χ0) is 15.8. The van der Waals surface area contributed by atoms with Crippen molar-refractivity contribution in [2.24, 2.45) is 16.1 Å². The lowest BCUT2D eigenvalue weighted by Gasteiger charge is -1.99. The molecule has 0 spiro atoms. The zero-order valence-electron chi connectivity index (χ0n) is 12.2. The van der Waals surface area contributed by atoms with Crippen molar-refractivity contribution in [2.45, 2.75) is 26.1 Å². The van der Waals surface area contributed by atoms with Crippen LogP contribution in [0.3, 0.4) is 0 Å². The summed E-state index contributed by atoms with van der Waals surface area (Å²) in [5, 5.41) is 14.4. The summed E-state index contributed by atoms with van der Waals surface area (Å²) in [6, 6.07) is 7.42. The van der Waals surface area contributed by atoms with E-state index in [1.807, 2.05) is 53.6 Å². The fraction of sp³-hybridized carbons (Fsp3) is 0.267. The van der Waals surface area contributed by atoms with E-state index < -0.39 is 0 Å². The molecule has 2 rings (SSSR count). The fourth-order valence-corrected chi connectivity index (χ4v) is 2.09. The quantitative estimate of drug-likeness (QED) is 0.197. The topological polar surface area (TPSA) is 95.8 Å². The molecule has 0 fully saturated rings. The minimum atomic E-state index is 0.104.